The molecule has 0 saturated carbocycles. The topological polar surface area (TPSA) is 70.7 Å². The molecule has 0 aliphatic heterocycles. The molecule has 5 nitrogen and oxygen atoms in total. The first-order chi connectivity index (χ1) is 10.3. The maximum atomic E-state index is 12.8. The van der Waals surface area contributed by atoms with Crippen LogP contribution in [0.2, 0.25) is 0 Å². The van der Waals surface area contributed by atoms with E-state index in [1.54, 1.807) is 12.1 Å². The molecular formula is C13H8BrF3N4O. The van der Waals surface area contributed by atoms with Crippen LogP contribution < -0.4 is 5.32 Å². The van der Waals surface area contributed by atoms with E-state index in [9.17, 15) is 18.0 Å². The molecule has 0 bridgehead atoms. The lowest BCUT2D eigenvalue weighted by Gasteiger charge is -2.07. The number of carbonyl (C=O) groups excluding carboxylic acids is 1. The second kappa shape index (κ2) is 5.81. The van der Waals surface area contributed by atoms with Crippen molar-refractivity contribution in [1.82, 2.24) is 9.78 Å². The summed E-state index contributed by atoms with van der Waals surface area (Å²) in [6, 6.07) is 8.04. The number of carbonyl (C=O) groups is 1. The van der Waals surface area contributed by atoms with Crippen molar-refractivity contribution >= 4 is 27.5 Å². The van der Waals surface area contributed by atoms with E-state index in [0.717, 1.165) is 4.68 Å². The van der Waals surface area contributed by atoms with Crippen LogP contribution in [-0.4, -0.2) is 15.7 Å². The molecule has 2 aromatic rings. The Morgan fingerprint density at radius 1 is 1.41 bits per heavy atom. The van der Waals surface area contributed by atoms with E-state index < -0.39 is 22.3 Å². The van der Waals surface area contributed by atoms with Crippen molar-refractivity contribution in [3.63, 3.8) is 0 Å². The fourth-order valence-corrected chi connectivity index (χ4v) is 2.54. The van der Waals surface area contributed by atoms with Crippen LogP contribution in [0.25, 0.3) is 0 Å². The standard InChI is InChI=1S/C13H8BrF3N4O/c1-21-10(9(14)11(20-21)13(15,16)17)12(22)19-8-5-3-2-4-7(8)6-18/h2-5H,1H3,(H,19,22). The third-order valence-electron chi connectivity index (χ3n) is 2.77. The third-order valence-corrected chi connectivity index (χ3v) is 3.52. The van der Waals surface area contributed by atoms with Gasteiger partial charge in [-0.15, -0.1) is 0 Å². The monoisotopic (exact) mass is 372 g/mol. The number of alkyl halides is 3. The van der Waals surface area contributed by atoms with Crippen molar-refractivity contribution < 1.29 is 18.0 Å². The van der Waals surface area contributed by atoms with E-state index >= 15 is 0 Å². The Morgan fingerprint density at radius 2 is 2.05 bits per heavy atom. The Hall–Kier alpha value is -2.34. The van der Waals surface area contributed by atoms with Gasteiger partial charge in [0.1, 0.15) is 11.8 Å². The second-order valence-corrected chi connectivity index (χ2v) is 5.04. The van der Waals surface area contributed by atoms with Crippen LogP contribution in [0.4, 0.5) is 18.9 Å². The lowest BCUT2D eigenvalue weighted by Crippen LogP contribution is -2.17. The van der Waals surface area contributed by atoms with E-state index in [-0.39, 0.29) is 16.9 Å². The van der Waals surface area contributed by atoms with Crippen LogP contribution in [0.1, 0.15) is 21.7 Å². The van der Waals surface area contributed by atoms with E-state index in [1.165, 1.54) is 19.2 Å². The van der Waals surface area contributed by atoms with E-state index in [0.29, 0.717) is 0 Å². The molecule has 22 heavy (non-hydrogen) atoms. The summed E-state index contributed by atoms with van der Waals surface area (Å²) >= 11 is 2.76. The molecule has 0 aliphatic rings. The van der Waals surface area contributed by atoms with Crippen molar-refractivity contribution in [3.05, 3.63) is 45.7 Å². The quantitative estimate of drug-likeness (QED) is 0.878. The molecule has 1 aromatic carbocycles. The highest BCUT2D eigenvalue weighted by Gasteiger charge is 2.39. The van der Waals surface area contributed by atoms with Crippen molar-refractivity contribution in [3.8, 4) is 6.07 Å². The molecule has 0 saturated heterocycles. The van der Waals surface area contributed by atoms with Crippen LogP contribution in [0.3, 0.4) is 0 Å². The van der Waals surface area contributed by atoms with Gasteiger partial charge in [0.05, 0.1) is 15.7 Å². The van der Waals surface area contributed by atoms with E-state index in [1.807, 2.05) is 6.07 Å². The molecule has 1 aromatic heterocycles. The number of nitrogens with one attached hydrogen (secondary N) is 1. The number of nitriles is 1. The SMILES string of the molecule is Cn1nc(C(F)(F)F)c(Br)c1C(=O)Nc1ccccc1C#N. The predicted molar refractivity (Wildman–Crippen MR) is 75.0 cm³/mol. The smallest absolute Gasteiger partial charge is 0.319 e. The lowest BCUT2D eigenvalue weighted by atomic mass is 10.2. The number of benzene rings is 1. The molecule has 0 aliphatic carbocycles. The van der Waals surface area contributed by atoms with Gasteiger partial charge in [-0.3, -0.25) is 9.48 Å². The molecule has 1 amide bonds. The minimum atomic E-state index is -4.68. The maximum Gasteiger partial charge on any atom is 0.436 e. The van der Waals surface area contributed by atoms with Gasteiger partial charge in [0.15, 0.2) is 5.69 Å². The number of aromatic nitrogens is 2. The van der Waals surface area contributed by atoms with Gasteiger partial charge < -0.3 is 5.32 Å². The van der Waals surface area contributed by atoms with E-state index in [2.05, 4.69) is 26.3 Å². The molecule has 0 spiro atoms. The Labute approximate surface area is 131 Å². The predicted octanol–water partition coefficient (Wildman–Crippen LogP) is 3.33. The minimum absolute atomic E-state index is 0.199. The molecule has 0 unspecified atom stereocenters. The summed E-state index contributed by atoms with van der Waals surface area (Å²) in [5.74, 6) is -0.805. The van der Waals surface area contributed by atoms with Gasteiger partial charge in [0.25, 0.3) is 5.91 Å². The fraction of sp³-hybridized carbons (Fsp3) is 0.154. The number of hydrogen-bond donors (Lipinski definition) is 1. The van der Waals surface area contributed by atoms with Crippen molar-refractivity contribution in [2.45, 2.75) is 6.18 Å². The molecule has 1 N–H and O–H groups in total. The normalized spacial score (nSPS) is 11.1. The van der Waals surface area contributed by atoms with Crippen molar-refractivity contribution in [2.75, 3.05) is 5.32 Å². The molecule has 2 rings (SSSR count). The molecule has 0 radical (unpaired) electrons. The summed E-state index contributed by atoms with van der Waals surface area (Å²) in [6.45, 7) is 0. The second-order valence-electron chi connectivity index (χ2n) is 4.24. The first-order valence-corrected chi connectivity index (χ1v) is 6.65. The number of para-hydroxylation sites is 1. The summed E-state index contributed by atoms with van der Waals surface area (Å²) in [7, 11) is 1.23. The van der Waals surface area contributed by atoms with Gasteiger partial charge in [0.2, 0.25) is 0 Å². The van der Waals surface area contributed by atoms with Crippen LogP contribution in [-0.2, 0) is 13.2 Å². The van der Waals surface area contributed by atoms with Crippen LogP contribution in [0.5, 0.6) is 0 Å². The zero-order chi connectivity index (χ0) is 16.5. The average molecular weight is 373 g/mol. The zero-order valence-corrected chi connectivity index (χ0v) is 12.7. The highest BCUT2D eigenvalue weighted by molar-refractivity contribution is 9.10. The number of rotatable bonds is 2. The highest BCUT2D eigenvalue weighted by Crippen LogP contribution is 2.35. The molecule has 1 heterocycles. The summed E-state index contributed by atoms with van der Waals surface area (Å²) < 4.78 is 38.7. The molecule has 0 atom stereocenters. The number of nitrogens with zero attached hydrogens (tertiary/aromatic N) is 3. The minimum Gasteiger partial charge on any atom is -0.319 e. The van der Waals surface area contributed by atoms with Gasteiger partial charge >= 0.3 is 6.18 Å². The van der Waals surface area contributed by atoms with E-state index in [4.69, 9.17) is 5.26 Å². The molecule has 9 heteroatoms. The molecule has 0 fully saturated rings. The number of aryl methyl sites for hydroxylation is 1. The molecular weight excluding hydrogens is 365 g/mol. The number of amides is 1. The summed E-state index contributed by atoms with van der Waals surface area (Å²) in [4.78, 5) is 12.2. The lowest BCUT2D eigenvalue weighted by molar-refractivity contribution is -0.142. The summed E-state index contributed by atoms with van der Waals surface area (Å²) in [5.41, 5.74) is -1.07. The first kappa shape index (κ1) is 16.0. The Morgan fingerprint density at radius 3 is 2.59 bits per heavy atom. The number of anilines is 1. The number of hydrogen-bond acceptors (Lipinski definition) is 3. The Kier molecular flexibility index (Phi) is 4.23. The maximum absolute atomic E-state index is 12.8. The fourth-order valence-electron chi connectivity index (χ4n) is 1.80. The number of halogens is 4. The van der Waals surface area contributed by atoms with Gasteiger partial charge in [-0.2, -0.15) is 23.5 Å². The Balaban J connectivity index is 2.39. The average Bonchev–Trinajstić information content (AvgIpc) is 2.74. The van der Waals surface area contributed by atoms with Crippen molar-refractivity contribution in [2.24, 2.45) is 7.05 Å². The zero-order valence-electron chi connectivity index (χ0n) is 11.1. The van der Waals surface area contributed by atoms with Crippen LogP contribution in [0, 0.1) is 11.3 Å². The third kappa shape index (κ3) is 2.96. The van der Waals surface area contributed by atoms with Gasteiger partial charge in [0, 0.05) is 7.05 Å². The van der Waals surface area contributed by atoms with Gasteiger partial charge in [-0.1, -0.05) is 12.1 Å². The van der Waals surface area contributed by atoms with Crippen LogP contribution in [0.15, 0.2) is 28.7 Å². The molecule has 114 valence electrons. The summed E-state index contributed by atoms with van der Waals surface area (Å²) in [5, 5.41) is 14.7. The van der Waals surface area contributed by atoms with Gasteiger partial charge in [-0.25, -0.2) is 0 Å². The highest BCUT2D eigenvalue weighted by atomic mass is 79.9. The van der Waals surface area contributed by atoms with Crippen molar-refractivity contribution in [1.29, 1.82) is 5.26 Å². The largest absolute Gasteiger partial charge is 0.436 e. The van der Waals surface area contributed by atoms with Crippen LogP contribution >= 0.6 is 15.9 Å². The first-order valence-electron chi connectivity index (χ1n) is 5.86. The Bertz CT molecular complexity index is 777. The van der Waals surface area contributed by atoms with Gasteiger partial charge in [-0.05, 0) is 28.1 Å². The summed E-state index contributed by atoms with van der Waals surface area (Å²) in [6.07, 6.45) is -4.68.